The zero-order valence-corrected chi connectivity index (χ0v) is 17.0. The van der Waals surface area contributed by atoms with E-state index in [0.717, 1.165) is 30.0 Å². The third kappa shape index (κ3) is 8.52. The average Bonchev–Trinajstić information content (AvgIpc) is 2.72. The largest absolute Gasteiger partial charge is 0.480 e. The number of thioether (sulfide) groups is 1. The first kappa shape index (κ1) is 26.2. The molecule has 1 aromatic rings. The van der Waals surface area contributed by atoms with Gasteiger partial charge in [0.2, 0.25) is 11.8 Å². The standard InChI is InChI=1S/C16H18N5O10S/c17-9(16(26)27)2-4-13(22)19-10(15(25)18-6-14(23)24)7-32-12-3-1-8(20(28)29)5-11(12)21(30)31/h1,3,5,9-10,17H,2,4,6-7H2,(H,18,25)(H,19,22)(H,23,24)(H,26,27). The van der Waals surface area contributed by atoms with E-state index >= 15 is 0 Å². The van der Waals surface area contributed by atoms with Crippen molar-refractivity contribution in [3.63, 3.8) is 0 Å². The summed E-state index contributed by atoms with van der Waals surface area (Å²) >= 11 is 0.719. The number of carboxylic acid groups (broad SMARTS) is 2. The van der Waals surface area contributed by atoms with Crippen LogP contribution in [0.3, 0.4) is 0 Å². The molecule has 0 bridgehead atoms. The van der Waals surface area contributed by atoms with Crippen LogP contribution in [0.1, 0.15) is 12.8 Å². The number of hydrogen-bond acceptors (Lipinski definition) is 9. The zero-order chi connectivity index (χ0) is 24.4. The molecule has 1 radical (unpaired) electrons. The van der Waals surface area contributed by atoms with Crippen LogP contribution in [0.4, 0.5) is 11.4 Å². The highest BCUT2D eigenvalue weighted by Crippen LogP contribution is 2.32. The number of benzene rings is 1. The second-order valence-electron chi connectivity index (χ2n) is 6.14. The van der Waals surface area contributed by atoms with Gasteiger partial charge >= 0.3 is 11.9 Å². The van der Waals surface area contributed by atoms with Crippen LogP contribution in [-0.2, 0) is 19.2 Å². The molecule has 0 fully saturated rings. The molecule has 0 aliphatic heterocycles. The number of nitrogens with zero attached hydrogens (tertiary/aromatic N) is 2. The second-order valence-corrected chi connectivity index (χ2v) is 7.20. The van der Waals surface area contributed by atoms with E-state index in [2.05, 4.69) is 5.32 Å². The van der Waals surface area contributed by atoms with Crippen LogP contribution in [0, 0.1) is 20.2 Å². The van der Waals surface area contributed by atoms with Crippen molar-refractivity contribution in [2.24, 2.45) is 0 Å². The van der Waals surface area contributed by atoms with Crippen molar-refractivity contribution in [1.82, 2.24) is 16.4 Å². The molecule has 5 N–H and O–H groups in total. The Hall–Kier alpha value is -3.79. The lowest BCUT2D eigenvalue weighted by Gasteiger charge is -2.18. The van der Waals surface area contributed by atoms with E-state index in [4.69, 9.17) is 15.9 Å². The minimum Gasteiger partial charge on any atom is -0.480 e. The molecular weight excluding hydrogens is 454 g/mol. The molecule has 0 aromatic heterocycles. The summed E-state index contributed by atoms with van der Waals surface area (Å²) < 4.78 is 0. The zero-order valence-electron chi connectivity index (χ0n) is 16.2. The minimum absolute atomic E-state index is 0.0389. The van der Waals surface area contributed by atoms with Gasteiger partial charge in [-0.25, -0.2) is 5.73 Å². The molecule has 173 valence electrons. The molecule has 2 amide bonds. The molecule has 32 heavy (non-hydrogen) atoms. The van der Waals surface area contributed by atoms with Gasteiger partial charge in [0.25, 0.3) is 11.4 Å². The van der Waals surface area contributed by atoms with E-state index < -0.39 is 70.0 Å². The van der Waals surface area contributed by atoms with Gasteiger partial charge in [-0.15, -0.1) is 11.8 Å². The molecular formula is C16H18N5O10S. The van der Waals surface area contributed by atoms with Crippen LogP contribution in [0.2, 0.25) is 0 Å². The monoisotopic (exact) mass is 472 g/mol. The summed E-state index contributed by atoms with van der Waals surface area (Å²) in [7, 11) is 0. The molecule has 0 heterocycles. The number of aliphatic carboxylic acids is 2. The number of nitro benzene ring substituents is 2. The van der Waals surface area contributed by atoms with Crippen molar-refractivity contribution in [3.8, 4) is 0 Å². The Labute approximate surface area is 183 Å². The number of nitrogens with one attached hydrogen (secondary N) is 3. The quantitative estimate of drug-likeness (QED) is 0.166. The van der Waals surface area contributed by atoms with Gasteiger partial charge in [-0.1, -0.05) is 0 Å². The normalized spacial score (nSPS) is 12.3. The highest BCUT2D eigenvalue weighted by molar-refractivity contribution is 7.99. The number of carbonyl (C=O) groups is 4. The molecule has 0 aliphatic carbocycles. The Morgan fingerprint density at radius 3 is 2.31 bits per heavy atom. The first-order valence-electron chi connectivity index (χ1n) is 8.70. The lowest BCUT2D eigenvalue weighted by Crippen LogP contribution is -2.49. The molecule has 1 aromatic carbocycles. The van der Waals surface area contributed by atoms with Crippen LogP contribution < -0.4 is 16.4 Å². The highest BCUT2D eigenvalue weighted by Gasteiger charge is 2.25. The maximum Gasteiger partial charge on any atom is 0.322 e. The smallest absolute Gasteiger partial charge is 0.322 e. The third-order valence-electron chi connectivity index (χ3n) is 3.78. The van der Waals surface area contributed by atoms with E-state index in [1.54, 1.807) is 0 Å². The van der Waals surface area contributed by atoms with Crippen molar-refractivity contribution in [1.29, 1.82) is 0 Å². The van der Waals surface area contributed by atoms with Crippen molar-refractivity contribution in [2.75, 3.05) is 12.3 Å². The minimum atomic E-state index is -1.56. The van der Waals surface area contributed by atoms with Crippen LogP contribution in [0.5, 0.6) is 0 Å². The number of non-ortho nitro benzene ring substituents is 1. The van der Waals surface area contributed by atoms with E-state index in [1.165, 1.54) is 0 Å². The van der Waals surface area contributed by atoms with Gasteiger partial charge in [-0.05, 0) is 12.5 Å². The maximum atomic E-state index is 12.3. The number of nitro groups is 2. The number of hydrogen-bond donors (Lipinski definition) is 4. The van der Waals surface area contributed by atoms with Crippen LogP contribution >= 0.6 is 11.8 Å². The number of carboxylic acids is 2. The molecule has 0 spiro atoms. The number of carbonyl (C=O) groups excluding carboxylic acids is 2. The highest BCUT2D eigenvalue weighted by atomic mass is 32.2. The van der Waals surface area contributed by atoms with Crippen molar-refractivity contribution >= 4 is 46.9 Å². The van der Waals surface area contributed by atoms with Crippen LogP contribution in [0.25, 0.3) is 0 Å². The SMILES string of the molecule is [NH]C(CCC(=O)NC(CSc1ccc([N+](=O)[O-])cc1[N+](=O)[O-])C(=O)NCC(=O)O)C(=O)O. The summed E-state index contributed by atoms with van der Waals surface area (Å²) in [5.74, 6) is -4.81. The Bertz CT molecular complexity index is 924. The molecule has 16 heteroatoms. The Morgan fingerprint density at radius 1 is 1.12 bits per heavy atom. The number of rotatable bonds is 13. The summed E-state index contributed by atoms with van der Waals surface area (Å²) in [6, 6.07) is -0.0613. The summed E-state index contributed by atoms with van der Waals surface area (Å²) in [6.45, 7) is -0.763. The fourth-order valence-electron chi connectivity index (χ4n) is 2.19. The van der Waals surface area contributed by atoms with Gasteiger partial charge in [0.15, 0.2) is 0 Å². The topological polar surface area (TPSA) is 243 Å². The Balaban J connectivity index is 2.96. The molecule has 0 aliphatic rings. The summed E-state index contributed by atoms with van der Waals surface area (Å²) in [4.78, 5) is 66.0. The lowest BCUT2D eigenvalue weighted by atomic mass is 10.1. The van der Waals surface area contributed by atoms with E-state index in [0.29, 0.717) is 0 Å². The van der Waals surface area contributed by atoms with Gasteiger partial charge in [0.1, 0.15) is 18.6 Å². The summed E-state index contributed by atoms with van der Waals surface area (Å²) in [5.41, 5.74) is 6.15. The molecule has 2 atom stereocenters. The van der Waals surface area contributed by atoms with Crippen molar-refractivity contribution in [2.45, 2.75) is 29.8 Å². The Morgan fingerprint density at radius 2 is 1.78 bits per heavy atom. The maximum absolute atomic E-state index is 12.3. The van der Waals surface area contributed by atoms with Crippen molar-refractivity contribution in [3.05, 3.63) is 38.4 Å². The van der Waals surface area contributed by atoms with Gasteiger partial charge in [0.05, 0.1) is 20.8 Å². The van der Waals surface area contributed by atoms with E-state index in [1.807, 2.05) is 5.32 Å². The lowest BCUT2D eigenvalue weighted by molar-refractivity contribution is -0.396. The average molecular weight is 472 g/mol. The van der Waals surface area contributed by atoms with E-state index in [-0.39, 0.29) is 17.1 Å². The van der Waals surface area contributed by atoms with Gasteiger partial charge in [-0.3, -0.25) is 39.4 Å². The van der Waals surface area contributed by atoms with Crippen LogP contribution in [-0.4, -0.2) is 68.2 Å². The predicted molar refractivity (Wildman–Crippen MR) is 107 cm³/mol. The van der Waals surface area contributed by atoms with Crippen molar-refractivity contribution < 1.29 is 39.2 Å². The molecule has 0 saturated carbocycles. The summed E-state index contributed by atoms with van der Waals surface area (Å²) in [6.07, 6.45) is -0.753. The molecule has 0 saturated heterocycles. The van der Waals surface area contributed by atoms with Gasteiger partial charge < -0.3 is 20.8 Å². The second kappa shape index (κ2) is 12.2. The molecule has 15 nitrogen and oxygen atoms in total. The third-order valence-corrected chi connectivity index (χ3v) is 4.94. The fourth-order valence-corrected chi connectivity index (χ4v) is 3.22. The molecule has 1 rings (SSSR count). The predicted octanol–water partition coefficient (Wildman–Crippen LogP) is -0.203. The first-order valence-corrected chi connectivity index (χ1v) is 9.69. The van der Waals surface area contributed by atoms with Crippen LogP contribution in [0.15, 0.2) is 23.1 Å². The van der Waals surface area contributed by atoms with Gasteiger partial charge in [-0.2, -0.15) is 0 Å². The number of amides is 2. The Kier molecular flexibility index (Phi) is 9.97. The summed E-state index contributed by atoms with van der Waals surface area (Å²) in [5, 5.41) is 43.7. The first-order chi connectivity index (χ1) is 14.9. The van der Waals surface area contributed by atoms with Gasteiger partial charge in [0, 0.05) is 18.2 Å². The van der Waals surface area contributed by atoms with E-state index in [9.17, 15) is 39.4 Å². The fraction of sp³-hybridized carbons (Fsp3) is 0.375. The molecule has 2 unspecified atom stereocenters.